The summed E-state index contributed by atoms with van der Waals surface area (Å²) in [6, 6.07) is 12.9. The van der Waals surface area contributed by atoms with Gasteiger partial charge in [-0.2, -0.15) is 0 Å². The van der Waals surface area contributed by atoms with E-state index in [1.54, 1.807) is 0 Å². The van der Waals surface area contributed by atoms with Crippen molar-refractivity contribution in [2.75, 3.05) is 6.54 Å². The van der Waals surface area contributed by atoms with Gasteiger partial charge in [-0.15, -0.1) is 0 Å². The summed E-state index contributed by atoms with van der Waals surface area (Å²) >= 11 is 0. The maximum atomic E-state index is 13.5. The van der Waals surface area contributed by atoms with Gasteiger partial charge in [0, 0.05) is 13.5 Å². The number of carbonyl (C=O) groups excluding carboxylic acids is 2. The van der Waals surface area contributed by atoms with Gasteiger partial charge in [-0.25, -0.2) is 4.98 Å². The lowest BCUT2D eigenvalue weighted by Crippen LogP contribution is -2.48. The molecule has 7 nitrogen and oxygen atoms in total. The number of H-pyrrole nitrogens is 1. The zero-order valence-electron chi connectivity index (χ0n) is 20.0. The maximum absolute atomic E-state index is 13.5. The second-order valence-corrected chi connectivity index (χ2v) is 9.03. The fraction of sp³-hybridized carbons (Fsp3) is 0.370. The Labute approximate surface area is 200 Å². The number of amides is 1. The monoisotopic (exact) mass is 460 g/mol. The molecule has 3 N–H and O–H groups in total. The van der Waals surface area contributed by atoms with Gasteiger partial charge in [0.15, 0.2) is 0 Å². The van der Waals surface area contributed by atoms with Gasteiger partial charge in [0.1, 0.15) is 11.6 Å². The summed E-state index contributed by atoms with van der Waals surface area (Å²) in [6.45, 7) is 5.94. The minimum atomic E-state index is -0.666. The van der Waals surface area contributed by atoms with Crippen LogP contribution in [0.2, 0.25) is 0 Å². The van der Waals surface area contributed by atoms with E-state index in [2.05, 4.69) is 9.97 Å². The van der Waals surface area contributed by atoms with Crippen molar-refractivity contribution in [3.05, 3.63) is 71.2 Å². The summed E-state index contributed by atoms with van der Waals surface area (Å²) in [4.78, 5) is 34.7. The van der Waals surface area contributed by atoms with Crippen molar-refractivity contribution in [2.24, 2.45) is 5.73 Å². The van der Waals surface area contributed by atoms with E-state index in [4.69, 9.17) is 10.5 Å². The number of piperidine rings is 1. The van der Waals surface area contributed by atoms with E-state index in [9.17, 15) is 9.59 Å². The standard InChI is InChI=1S/C27H32N4O3/c1-17-13-21(34-19(3)32)14-18(2)22(17)15-23(28)27(33)31-12-8-7-11-25(31)26-29-16-24(30-26)20-9-5-4-6-10-20/h4-6,9-10,13-14,16,23,25H,7-8,11-12,15,28H2,1-3H3,(H,29,30)/t23-,25?/m0/s1. The van der Waals surface area contributed by atoms with Crippen LogP contribution in [-0.4, -0.2) is 39.3 Å². The number of imidazole rings is 1. The molecule has 3 aromatic rings. The van der Waals surface area contributed by atoms with Crippen LogP contribution in [0.3, 0.4) is 0 Å². The van der Waals surface area contributed by atoms with Crippen LogP contribution in [0.4, 0.5) is 0 Å². The Morgan fingerprint density at radius 2 is 1.88 bits per heavy atom. The summed E-state index contributed by atoms with van der Waals surface area (Å²) < 4.78 is 5.22. The van der Waals surface area contributed by atoms with Crippen molar-refractivity contribution in [3.8, 4) is 17.0 Å². The van der Waals surface area contributed by atoms with Crippen LogP contribution in [0.1, 0.15) is 54.7 Å². The maximum Gasteiger partial charge on any atom is 0.308 e. The molecule has 0 bridgehead atoms. The largest absolute Gasteiger partial charge is 0.427 e. The smallest absolute Gasteiger partial charge is 0.308 e. The second kappa shape index (κ2) is 10.2. The molecule has 7 heteroatoms. The molecular weight excluding hydrogens is 428 g/mol. The summed E-state index contributed by atoms with van der Waals surface area (Å²) in [5.74, 6) is 0.889. The van der Waals surface area contributed by atoms with Crippen molar-refractivity contribution >= 4 is 11.9 Å². The number of aromatic nitrogens is 2. The first-order chi connectivity index (χ1) is 16.3. The third-order valence-electron chi connectivity index (χ3n) is 6.45. The number of hydrogen-bond donors (Lipinski definition) is 2. The van der Waals surface area contributed by atoms with Crippen molar-refractivity contribution in [3.63, 3.8) is 0 Å². The molecule has 0 spiro atoms. The lowest BCUT2D eigenvalue weighted by Gasteiger charge is -2.36. The topological polar surface area (TPSA) is 101 Å². The van der Waals surface area contributed by atoms with Crippen LogP contribution in [0.15, 0.2) is 48.7 Å². The van der Waals surface area contributed by atoms with Gasteiger partial charge < -0.3 is 20.4 Å². The molecule has 0 aliphatic carbocycles. The number of aromatic amines is 1. The molecular formula is C27H32N4O3. The van der Waals surface area contributed by atoms with E-state index < -0.39 is 6.04 Å². The molecule has 1 unspecified atom stereocenters. The fourth-order valence-electron chi connectivity index (χ4n) is 4.77. The highest BCUT2D eigenvalue weighted by Gasteiger charge is 2.33. The summed E-state index contributed by atoms with van der Waals surface area (Å²) in [6.07, 6.45) is 5.11. The van der Waals surface area contributed by atoms with Crippen molar-refractivity contribution in [2.45, 2.75) is 58.5 Å². The quantitative estimate of drug-likeness (QED) is 0.423. The van der Waals surface area contributed by atoms with Crippen LogP contribution in [0.25, 0.3) is 11.3 Å². The van der Waals surface area contributed by atoms with Crippen LogP contribution < -0.4 is 10.5 Å². The van der Waals surface area contributed by atoms with E-state index in [1.165, 1.54) is 6.92 Å². The van der Waals surface area contributed by atoms with Crippen LogP contribution in [0.5, 0.6) is 5.75 Å². The predicted octanol–water partition coefficient (Wildman–Crippen LogP) is 4.24. The predicted molar refractivity (Wildman–Crippen MR) is 131 cm³/mol. The van der Waals surface area contributed by atoms with Crippen molar-refractivity contribution < 1.29 is 14.3 Å². The number of benzene rings is 2. The first kappa shape index (κ1) is 23.7. The van der Waals surface area contributed by atoms with Gasteiger partial charge in [-0.05, 0) is 73.9 Å². The number of rotatable bonds is 6. The zero-order valence-corrected chi connectivity index (χ0v) is 20.0. The molecule has 1 amide bonds. The molecule has 4 rings (SSSR count). The third-order valence-corrected chi connectivity index (χ3v) is 6.45. The summed E-state index contributed by atoms with van der Waals surface area (Å²) in [5.41, 5.74) is 11.4. The minimum Gasteiger partial charge on any atom is -0.427 e. The Balaban J connectivity index is 1.51. The molecule has 2 heterocycles. The fourth-order valence-corrected chi connectivity index (χ4v) is 4.77. The van der Waals surface area contributed by atoms with Crippen LogP contribution in [-0.2, 0) is 16.0 Å². The Hall–Kier alpha value is -3.45. The third kappa shape index (κ3) is 5.20. The number of nitrogens with one attached hydrogen (secondary N) is 1. The molecule has 0 saturated carbocycles. The number of nitrogens with zero attached hydrogens (tertiary/aromatic N) is 2. The number of hydrogen-bond acceptors (Lipinski definition) is 5. The first-order valence-corrected chi connectivity index (χ1v) is 11.8. The number of ether oxygens (including phenoxy) is 1. The molecule has 1 fully saturated rings. The average Bonchev–Trinajstić information content (AvgIpc) is 3.31. The summed E-state index contributed by atoms with van der Waals surface area (Å²) in [5, 5.41) is 0. The van der Waals surface area contributed by atoms with E-state index in [0.29, 0.717) is 18.7 Å². The van der Waals surface area contributed by atoms with Crippen molar-refractivity contribution in [1.82, 2.24) is 14.9 Å². The molecule has 34 heavy (non-hydrogen) atoms. The Morgan fingerprint density at radius 3 is 2.56 bits per heavy atom. The van der Waals surface area contributed by atoms with E-state index >= 15 is 0 Å². The highest BCUT2D eigenvalue weighted by molar-refractivity contribution is 5.82. The van der Waals surface area contributed by atoms with Gasteiger partial charge in [-0.3, -0.25) is 9.59 Å². The highest BCUT2D eigenvalue weighted by Crippen LogP contribution is 2.32. The molecule has 1 aliphatic rings. The van der Waals surface area contributed by atoms with E-state index in [1.807, 2.05) is 67.4 Å². The molecule has 0 radical (unpaired) electrons. The van der Waals surface area contributed by atoms with Gasteiger partial charge in [0.25, 0.3) is 0 Å². The lowest BCUT2D eigenvalue weighted by molar-refractivity contribution is -0.136. The molecule has 1 saturated heterocycles. The van der Waals surface area contributed by atoms with E-state index in [0.717, 1.165) is 53.0 Å². The number of likely N-dealkylation sites (tertiary alicyclic amines) is 1. The number of esters is 1. The van der Waals surface area contributed by atoms with Crippen LogP contribution in [0, 0.1) is 13.8 Å². The van der Waals surface area contributed by atoms with Crippen LogP contribution >= 0.6 is 0 Å². The summed E-state index contributed by atoms with van der Waals surface area (Å²) in [7, 11) is 0. The molecule has 2 atom stereocenters. The van der Waals surface area contributed by atoms with Crippen molar-refractivity contribution in [1.29, 1.82) is 0 Å². The number of carbonyl (C=O) groups is 2. The highest BCUT2D eigenvalue weighted by atomic mass is 16.5. The first-order valence-electron chi connectivity index (χ1n) is 11.8. The average molecular weight is 461 g/mol. The molecule has 2 aromatic carbocycles. The van der Waals surface area contributed by atoms with Gasteiger partial charge >= 0.3 is 5.97 Å². The minimum absolute atomic E-state index is 0.0646. The SMILES string of the molecule is CC(=O)Oc1cc(C)c(C[C@H](N)C(=O)N2CCCCC2c2ncc(-c3ccccc3)[nH]2)c(C)c1. The lowest BCUT2D eigenvalue weighted by atomic mass is 9.94. The number of aryl methyl sites for hydroxylation is 2. The molecule has 1 aliphatic heterocycles. The normalized spacial score (nSPS) is 16.8. The molecule has 178 valence electrons. The van der Waals surface area contributed by atoms with Gasteiger partial charge in [-0.1, -0.05) is 30.3 Å². The van der Waals surface area contributed by atoms with Gasteiger partial charge in [0.05, 0.1) is 24.0 Å². The van der Waals surface area contributed by atoms with E-state index in [-0.39, 0.29) is 17.9 Å². The number of nitrogens with two attached hydrogens (primary N) is 1. The second-order valence-electron chi connectivity index (χ2n) is 9.03. The Bertz CT molecular complexity index is 1150. The Kier molecular flexibility index (Phi) is 7.12. The van der Waals surface area contributed by atoms with Gasteiger partial charge in [0.2, 0.25) is 5.91 Å². The Morgan fingerprint density at radius 1 is 1.18 bits per heavy atom. The zero-order chi connectivity index (χ0) is 24.2. The molecule has 1 aromatic heterocycles.